The zero-order chi connectivity index (χ0) is 25.6. The molecule has 0 spiro atoms. The lowest BCUT2D eigenvalue weighted by Crippen LogP contribution is -2.46. The first kappa shape index (κ1) is 22.7. The average Bonchev–Trinajstić information content (AvgIpc) is 3.29. The van der Waals surface area contributed by atoms with Crippen LogP contribution in [0.15, 0.2) is 124 Å². The Bertz CT molecular complexity index is 1720. The third-order valence-corrected chi connectivity index (χ3v) is 7.33. The van der Waals surface area contributed by atoms with Crippen LogP contribution in [0.1, 0.15) is 22.9 Å². The maximum Gasteiger partial charge on any atom is 0.179 e. The van der Waals surface area contributed by atoms with E-state index in [1.54, 1.807) is 0 Å². The number of nitrogens with one attached hydrogen (secondary N) is 1. The molecule has 0 saturated heterocycles. The molecule has 5 aromatic rings. The standard InChI is InChI=1S/C31H23BrN6/c1-20-27-28(21-11-10-12-22(32)19-21)37-26-18-9-8-17-25(26)34-29(33-23-13-4-2-5-14-23)31(37)35-30(27)38(36-20)24-15-6-3-7-16-24/h2-19,28H,1H3,(H,33,34)/t28-/m1/s1. The smallest absolute Gasteiger partial charge is 0.179 e. The molecule has 3 heterocycles. The van der Waals surface area contributed by atoms with Crippen molar-refractivity contribution in [2.24, 2.45) is 9.98 Å². The molecule has 2 aliphatic heterocycles. The van der Waals surface area contributed by atoms with E-state index in [0.29, 0.717) is 5.84 Å². The molecule has 0 radical (unpaired) electrons. The van der Waals surface area contributed by atoms with Gasteiger partial charge in [-0.25, -0.2) is 14.7 Å². The summed E-state index contributed by atoms with van der Waals surface area (Å²) < 4.78 is 2.97. The van der Waals surface area contributed by atoms with E-state index in [-0.39, 0.29) is 6.04 Å². The van der Waals surface area contributed by atoms with Crippen molar-refractivity contribution in [3.63, 3.8) is 0 Å². The number of aryl methyl sites for hydroxylation is 1. The zero-order valence-corrected chi connectivity index (χ0v) is 22.2. The monoisotopic (exact) mass is 558 g/mol. The molecule has 7 rings (SSSR count). The summed E-state index contributed by atoms with van der Waals surface area (Å²) in [6, 6.07) is 36.8. The van der Waals surface area contributed by atoms with Gasteiger partial charge in [-0.3, -0.25) is 0 Å². The number of anilines is 2. The van der Waals surface area contributed by atoms with E-state index < -0.39 is 0 Å². The second-order valence-corrected chi connectivity index (χ2v) is 10.2. The Labute approximate surface area is 229 Å². The second kappa shape index (κ2) is 9.11. The van der Waals surface area contributed by atoms with Gasteiger partial charge in [0.25, 0.3) is 0 Å². The van der Waals surface area contributed by atoms with Crippen LogP contribution in [0, 0.1) is 6.92 Å². The Morgan fingerprint density at radius 3 is 2.32 bits per heavy atom. The quantitative estimate of drug-likeness (QED) is 0.246. The third-order valence-electron chi connectivity index (χ3n) is 6.84. The van der Waals surface area contributed by atoms with E-state index in [1.807, 2.05) is 65.3 Å². The second-order valence-electron chi connectivity index (χ2n) is 9.27. The van der Waals surface area contributed by atoms with Gasteiger partial charge in [0.1, 0.15) is 0 Å². The Morgan fingerprint density at radius 1 is 0.789 bits per heavy atom. The van der Waals surface area contributed by atoms with Crippen LogP contribution >= 0.6 is 15.9 Å². The summed E-state index contributed by atoms with van der Waals surface area (Å²) in [6.07, 6.45) is 0. The van der Waals surface area contributed by atoms with Gasteiger partial charge < -0.3 is 10.2 Å². The van der Waals surface area contributed by atoms with Gasteiger partial charge in [-0.1, -0.05) is 76.6 Å². The van der Waals surface area contributed by atoms with Crippen molar-refractivity contribution in [1.29, 1.82) is 0 Å². The molecule has 0 fully saturated rings. The molecule has 7 heteroatoms. The summed E-state index contributed by atoms with van der Waals surface area (Å²) in [5.41, 5.74) is 6.97. The lowest BCUT2D eigenvalue weighted by molar-refractivity contribution is 0.815. The number of para-hydroxylation sites is 4. The highest BCUT2D eigenvalue weighted by Crippen LogP contribution is 2.48. The van der Waals surface area contributed by atoms with Gasteiger partial charge in [0.05, 0.1) is 28.8 Å². The first-order valence-corrected chi connectivity index (χ1v) is 13.3. The van der Waals surface area contributed by atoms with Crippen molar-refractivity contribution in [2.45, 2.75) is 13.0 Å². The van der Waals surface area contributed by atoms with Crippen LogP contribution in [0.25, 0.3) is 5.69 Å². The van der Waals surface area contributed by atoms with E-state index in [2.05, 4.69) is 81.6 Å². The number of halogens is 1. The van der Waals surface area contributed by atoms with E-state index in [0.717, 1.165) is 55.7 Å². The van der Waals surface area contributed by atoms with Gasteiger partial charge in [-0.2, -0.15) is 5.10 Å². The third kappa shape index (κ3) is 3.74. The minimum atomic E-state index is -0.156. The molecule has 0 unspecified atom stereocenters. The van der Waals surface area contributed by atoms with Gasteiger partial charge in [0.15, 0.2) is 17.5 Å². The Morgan fingerprint density at radius 2 is 1.53 bits per heavy atom. The minimum Gasteiger partial charge on any atom is -0.337 e. The summed E-state index contributed by atoms with van der Waals surface area (Å²) in [4.78, 5) is 12.6. The number of rotatable bonds is 3. The fourth-order valence-electron chi connectivity index (χ4n) is 5.20. The summed E-state index contributed by atoms with van der Waals surface area (Å²) >= 11 is 3.70. The number of fused-ring (bicyclic) bond motifs is 4. The predicted molar refractivity (Wildman–Crippen MR) is 157 cm³/mol. The highest BCUT2D eigenvalue weighted by molar-refractivity contribution is 9.10. The van der Waals surface area contributed by atoms with Gasteiger partial charge in [-0.05, 0) is 61.0 Å². The number of aromatic nitrogens is 2. The van der Waals surface area contributed by atoms with E-state index in [9.17, 15) is 0 Å². The lowest BCUT2D eigenvalue weighted by atomic mass is 9.93. The highest BCUT2D eigenvalue weighted by Gasteiger charge is 2.41. The van der Waals surface area contributed by atoms with E-state index >= 15 is 0 Å². The number of hydrogen-bond acceptors (Lipinski definition) is 5. The van der Waals surface area contributed by atoms with Crippen LogP contribution in [0.5, 0.6) is 0 Å². The maximum atomic E-state index is 5.28. The Balaban J connectivity index is 1.51. The molecule has 2 aliphatic rings. The highest BCUT2D eigenvalue weighted by atomic mass is 79.9. The van der Waals surface area contributed by atoms with Crippen LogP contribution in [-0.4, -0.2) is 21.5 Å². The molecule has 1 aromatic heterocycles. The van der Waals surface area contributed by atoms with Crippen LogP contribution < -0.4 is 10.2 Å². The van der Waals surface area contributed by atoms with Gasteiger partial charge >= 0.3 is 0 Å². The fraction of sp³-hybridized carbons (Fsp3) is 0.0645. The van der Waals surface area contributed by atoms with Crippen molar-refractivity contribution in [3.8, 4) is 5.69 Å². The van der Waals surface area contributed by atoms with E-state index in [4.69, 9.17) is 15.1 Å². The molecular weight excluding hydrogens is 536 g/mol. The van der Waals surface area contributed by atoms with Crippen molar-refractivity contribution >= 4 is 50.5 Å². The number of nitrogens with zero attached hydrogens (tertiary/aromatic N) is 5. The fourth-order valence-corrected chi connectivity index (χ4v) is 5.61. The minimum absolute atomic E-state index is 0.156. The largest absolute Gasteiger partial charge is 0.337 e. The van der Waals surface area contributed by atoms with Crippen LogP contribution in [-0.2, 0) is 0 Å². The average molecular weight is 559 g/mol. The molecule has 0 bridgehead atoms. The SMILES string of the molecule is Cc1nn(-c2ccccc2)c2c1[C@@H](c1cccc(Br)c1)N1C(=N2)C(Nc2ccccc2)=Nc2ccccc21. The predicted octanol–water partition coefficient (Wildman–Crippen LogP) is 7.74. The maximum absolute atomic E-state index is 5.28. The van der Waals surface area contributed by atoms with Crippen molar-refractivity contribution < 1.29 is 0 Å². The molecular formula is C31H23BrN6. The summed E-state index contributed by atoms with van der Waals surface area (Å²) in [7, 11) is 0. The summed E-state index contributed by atoms with van der Waals surface area (Å²) in [5, 5.41) is 8.53. The molecule has 1 atom stereocenters. The molecule has 1 N–H and O–H groups in total. The lowest BCUT2D eigenvalue weighted by Gasteiger charge is -2.40. The summed E-state index contributed by atoms with van der Waals surface area (Å²) in [5.74, 6) is 2.26. The zero-order valence-electron chi connectivity index (χ0n) is 20.6. The number of amidine groups is 2. The van der Waals surface area contributed by atoms with Crippen LogP contribution in [0.3, 0.4) is 0 Å². The first-order chi connectivity index (χ1) is 18.7. The molecule has 0 saturated carbocycles. The van der Waals surface area contributed by atoms with Crippen LogP contribution in [0.4, 0.5) is 22.9 Å². The number of hydrogen-bond donors (Lipinski definition) is 1. The van der Waals surface area contributed by atoms with Gasteiger partial charge in [0, 0.05) is 15.7 Å². The molecule has 38 heavy (non-hydrogen) atoms. The number of aliphatic imine (C=N–C) groups is 2. The Kier molecular flexibility index (Phi) is 5.44. The number of benzene rings is 4. The van der Waals surface area contributed by atoms with Crippen molar-refractivity contribution in [3.05, 3.63) is 130 Å². The van der Waals surface area contributed by atoms with Crippen molar-refractivity contribution in [1.82, 2.24) is 9.78 Å². The molecule has 0 aliphatic carbocycles. The topological polar surface area (TPSA) is 57.8 Å². The Hall–Kier alpha value is -4.49. The molecule has 6 nitrogen and oxygen atoms in total. The summed E-state index contributed by atoms with van der Waals surface area (Å²) in [6.45, 7) is 2.07. The van der Waals surface area contributed by atoms with E-state index in [1.165, 1.54) is 0 Å². The molecule has 0 amide bonds. The molecule has 184 valence electrons. The first-order valence-electron chi connectivity index (χ1n) is 12.5. The normalized spacial score (nSPS) is 15.6. The van der Waals surface area contributed by atoms with Crippen molar-refractivity contribution in [2.75, 3.05) is 10.2 Å². The van der Waals surface area contributed by atoms with Gasteiger partial charge in [0.2, 0.25) is 0 Å². The van der Waals surface area contributed by atoms with Crippen LogP contribution in [0.2, 0.25) is 0 Å². The van der Waals surface area contributed by atoms with Gasteiger partial charge in [-0.15, -0.1) is 0 Å². The molecule has 4 aromatic carbocycles.